The molecule has 21 heavy (non-hydrogen) atoms. The molecule has 0 fully saturated rings. The first-order valence-corrected chi connectivity index (χ1v) is 6.83. The molecule has 0 saturated carbocycles. The van der Waals surface area contributed by atoms with Crippen molar-refractivity contribution in [2.75, 3.05) is 20.3 Å². The summed E-state index contributed by atoms with van der Waals surface area (Å²) in [7, 11) is 1.60. The Balaban J connectivity index is 1.67. The van der Waals surface area contributed by atoms with Crippen LogP contribution in [0.15, 0.2) is 54.6 Å². The minimum Gasteiger partial charge on any atom is -0.497 e. The Bertz CT molecular complexity index is 552. The summed E-state index contributed by atoms with van der Waals surface area (Å²) in [4.78, 5) is 11.9. The predicted molar refractivity (Wildman–Crippen MR) is 81.4 cm³/mol. The van der Waals surface area contributed by atoms with Crippen molar-refractivity contribution in [3.05, 3.63) is 65.7 Å². The van der Waals surface area contributed by atoms with Crippen molar-refractivity contribution >= 4 is 5.91 Å². The number of ether oxygens (including phenoxy) is 2. The molecule has 110 valence electrons. The Morgan fingerprint density at radius 2 is 1.76 bits per heavy atom. The molecule has 0 radical (unpaired) electrons. The number of benzene rings is 2. The second-order valence-electron chi connectivity index (χ2n) is 4.52. The van der Waals surface area contributed by atoms with E-state index in [0.717, 1.165) is 11.3 Å². The van der Waals surface area contributed by atoms with Crippen LogP contribution in [-0.2, 0) is 11.3 Å². The number of hydrogen-bond donors (Lipinski definition) is 1. The van der Waals surface area contributed by atoms with Gasteiger partial charge in [-0.3, -0.25) is 4.79 Å². The molecular formula is C17H19NO3. The van der Waals surface area contributed by atoms with Crippen LogP contribution in [0.25, 0.3) is 0 Å². The summed E-state index contributed by atoms with van der Waals surface area (Å²) >= 11 is 0. The lowest BCUT2D eigenvalue weighted by molar-refractivity contribution is 0.0901. The Morgan fingerprint density at radius 1 is 1.05 bits per heavy atom. The summed E-state index contributed by atoms with van der Waals surface area (Å²) in [6.45, 7) is 1.52. The zero-order chi connectivity index (χ0) is 14.9. The third-order valence-corrected chi connectivity index (χ3v) is 3.00. The predicted octanol–water partition coefficient (Wildman–Crippen LogP) is 2.64. The van der Waals surface area contributed by atoms with E-state index >= 15 is 0 Å². The zero-order valence-electron chi connectivity index (χ0n) is 12.0. The highest BCUT2D eigenvalue weighted by atomic mass is 16.5. The molecule has 0 aliphatic rings. The van der Waals surface area contributed by atoms with Crippen molar-refractivity contribution in [1.29, 1.82) is 0 Å². The lowest BCUT2D eigenvalue weighted by atomic mass is 10.2. The normalized spacial score (nSPS) is 10.1. The molecule has 0 unspecified atom stereocenters. The van der Waals surface area contributed by atoms with Gasteiger partial charge >= 0.3 is 0 Å². The van der Waals surface area contributed by atoms with Gasteiger partial charge in [-0.05, 0) is 29.8 Å². The van der Waals surface area contributed by atoms with Gasteiger partial charge in [0.15, 0.2) is 0 Å². The van der Waals surface area contributed by atoms with Crippen molar-refractivity contribution < 1.29 is 14.3 Å². The third-order valence-electron chi connectivity index (χ3n) is 3.00. The van der Waals surface area contributed by atoms with Gasteiger partial charge in [-0.1, -0.05) is 30.3 Å². The number of methoxy groups -OCH3 is 1. The van der Waals surface area contributed by atoms with Gasteiger partial charge in [0.2, 0.25) is 0 Å². The highest BCUT2D eigenvalue weighted by Gasteiger charge is 2.04. The van der Waals surface area contributed by atoms with Crippen molar-refractivity contribution in [2.24, 2.45) is 0 Å². The lowest BCUT2D eigenvalue weighted by Gasteiger charge is -2.07. The van der Waals surface area contributed by atoms with Crippen LogP contribution in [0.3, 0.4) is 0 Å². The number of nitrogens with one attached hydrogen (secondary N) is 1. The molecule has 0 aliphatic carbocycles. The van der Waals surface area contributed by atoms with Gasteiger partial charge in [0, 0.05) is 12.1 Å². The number of rotatable bonds is 7. The first-order valence-electron chi connectivity index (χ1n) is 6.83. The monoisotopic (exact) mass is 285 g/mol. The standard InChI is InChI=1S/C17H19NO3/c1-20-16-9-7-15(8-10-16)17(19)18-11-12-21-13-14-5-3-2-4-6-14/h2-10H,11-13H2,1H3,(H,18,19). The van der Waals surface area contributed by atoms with Crippen molar-refractivity contribution in [2.45, 2.75) is 6.61 Å². The van der Waals surface area contributed by atoms with E-state index in [-0.39, 0.29) is 5.91 Å². The second-order valence-corrected chi connectivity index (χ2v) is 4.52. The molecule has 0 spiro atoms. The van der Waals surface area contributed by atoms with Gasteiger partial charge in [0.1, 0.15) is 5.75 Å². The van der Waals surface area contributed by atoms with Crippen LogP contribution in [-0.4, -0.2) is 26.2 Å². The molecule has 1 N–H and O–H groups in total. The van der Waals surface area contributed by atoms with Gasteiger partial charge in [-0.25, -0.2) is 0 Å². The Kier molecular flexibility index (Phi) is 5.79. The summed E-state index contributed by atoms with van der Waals surface area (Å²) in [5.74, 6) is 0.624. The average Bonchev–Trinajstić information content (AvgIpc) is 2.55. The molecule has 0 heterocycles. The summed E-state index contributed by atoms with van der Waals surface area (Å²) in [6, 6.07) is 16.9. The Hall–Kier alpha value is -2.33. The van der Waals surface area contributed by atoms with Gasteiger partial charge < -0.3 is 14.8 Å². The third kappa shape index (κ3) is 4.93. The second kappa shape index (κ2) is 8.07. The zero-order valence-corrected chi connectivity index (χ0v) is 12.0. The molecular weight excluding hydrogens is 266 g/mol. The first kappa shape index (κ1) is 15.1. The summed E-state index contributed by atoms with van der Waals surface area (Å²) in [5, 5.41) is 2.82. The van der Waals surface area contributed by atoms with Crippen molar-refractivity contribution in [1.82, 2.24) is 5.32 Å². The average molecular weight is 285 g/mol. The fourth-order valence-corrected chi connectivity index (χ4v) is 1.85. The van der Waals surface area contributed by atoms with E-state index in [1.807, 2.05) is 30.3 Å². The maximum absolute atomic E-state index is 11.9. The molecule has 0 atom stereocenters. The Morgan fingerprint density at radius 3 is 2.43 bits per heavy atom. The van der Waals surface area contributed by atoms with Crippen LogP contribution in [0.2, 0.25) is 0 Å². The SMILES string of the molecule is COc1ccc(C(=O)NCCOCc2ccccc2)cc1. The van der Waals surface area contributed by atoms with Gasteiger partial charge in [0.05, 0.1) is 20.3 Å². The first-order chi connectivity index (χ1) is 10.3. The molecule has 0 aromatic heterocycles. The molecule has 2 aromatic carbocycles. The van der Waals surface area contributed by atoms with E-state index in [1.54, 1.807) is 31.4 Å². The van der Waals surface area contributed by atoms with Crippen LogP contribution >= 0.6 is 0 Å². The van der Waals surface area contributed by atoms with E-state index in [1.165, 1.54) is 0 Å². The highest BCUT2D eigenvalue weighted by molar-refractivity contribution is 5.94. The maximum Gasteiger partial charge on any atom is 0.251 e. The summed E-state index contributed by atoms with van der Waals surface area (Å²) in [6.07, 6.45) is 0. The summed E-state index contributed by atoms with van der Waals surface area (Å²) < 4.78 is 10.6. The quantitative estimate of drug-likeness (QED) is 0.796. The van der Waals surface area contributed by atoms with Crippen LogP contribution in [0.4, 0.5) is 0 Å². The highest BCUT2D eigenvalue weighted by Crippen LogP contribution is 2.10. The van der Waals surface area contributed by atoms with Crippen LogP contribution in [0.5, 0.6) is 5.75 Å². The minimum atomic E-state index is -0.110. The van der Waals surface area contributed by atoms with Crippen LogP contribution in [0.1, 0.15) is 15.9 Å². The number of amides is 1. The number of carbonyl (C=O) groups is 1. The van der Waals surface area contributed by atoms with Gasteiger partial charge in [0.25, 0.3) is 5.91 Å². The lowest BCUT2D eigenvalue weighted by Crippen LogP contribution is -2.27. The summed E-state index contributed by atoms with van der Waals surface area (Å²) in [5.41, 5.74) is 1.73. The largest absolute Gasteiger partial charge is 0.497 e. The molecule has 2 aromatic rings. The van der Waals surface area contributed by atoms with E-state index in [4.69, 9.17) is 9.47 Å². The van der Waals surface area contributed by atoms with E-state index in [2.05, 4.69) is 5.32 Å². The molecule has 4 heteroatoms. The van der Waals surface area contributed by atoms with E-state index in [9.17, 15) is 4.79 Å². The fourth-order valence-electron chi connectivity index (χ4n) is 1.85. The smallest absolute Gasteiger partial charge is 0.251 e. The fraction of sp³-hybridized carbons (Fsp3) is 0.235. The molecule has 0 bridgehead atoms. The van der Waals surface area contributed by atoms with E-state index < -0.39 is 0 Å². The van der Waals surface area contributed by atoms with Crippen molar-refractivity contribution in [3.8, 4) is 5.75 Å². The van der Waals surface area contributed by atoms with Crippen LogP contribution < -0.4 is 10.1 Å². The van der Waals surface area contributed by atoms with Crippen molar-refractivity contribution in [3.63, 3.8) is 0 Å². The topological polar surface area (TPSA) is 47.6 Å². The minimum absolute atomic E-state index is 0.110. The van der Waals surface area contributed by atoms with Crippen LogP contribution in [0, 0.1) is 0 Å². The molecule has 4 nitrogen and oxygen atoms in total. The van der Waals surface area contributed by atoms with E-state index in [0.29, 0.717) is 25.3 Å². The molecule has 0 aliphatic heterocycles. The maximum atomic E-state index is 11.9. The molecule has 0 saturated heterocycles. The number of carbonyl (C=O) groups excluding carboxylic acids is 1. The number of hydrogen-bond acceptors (Lipinski definition) is 3. The Labute approximate surface area is 124 Å². The van der Waals surface area contributed by atoms with Gasteiger partial charge in [-0.2, -0.15) is 0 Å². The molecule has 1 amide bonds. The van der Waals surface area contributed by atoms with Gasteiger partial charge in [-0.15, -0.1) is 0 Å². The molecule has 2 rings (SSSR count).